The molecule has 1 N–H and O–H groups in total. The van der Waals surface area contributed by atoms with E-state index in [2.05, 4.69) is 5.32 Å². The van der Waals surface area contributed by atoms with Crippen molar-refractivity contribution in [3.05, 3.63) is 30.1 Å². The minimum absolute atomic E-state index is 0. The molecule has 5 heteroatoms. The lowest BCUT2D eigenvalue weighted by Crippen LogP contribution is -2.51. The number of hydrogen-bond donors (Lipinski definition) is 1. The van der Waals surface area contributed by atoms with E-state index in [1.165, 1.54) is 12.1 Å². The average molecular weight is 245 g/mol. The number of anilines is 1. The van der Waals surface area contributed by atoms with Crippen LogP contribution in [0.4, 0.5) is 10.1 Å². The second-order valence-electron chi connectivity index (χ2n) is 3.73. The van der Waals surface area contributed by atoms with Gasteiger partial charge in [-0.05, 0) is 24.3 Å². The number of nitrogens with zero attached hydrogens (tertiary/aromatic N) is 1. The molecule has 1 aliphatic rings. The van der Waals surface area contributed by atoms with Crippen LogP contribution in [0.2, 0.25) is 0 Å². The van der Waals surface area contributed by atoms with Crippen LogP contribution in [0.25, 0.3) is 0 Å². The van der Waals surface area contributed by atoms with E-state index < -0.39 is 0 Å². The predicted octanol–water partition coefficient (Wildman–Crippen LogP) is 1.43. The van der Waals surface area contributed by atoms with E-state index >= 15 is 0 Å². The second-order valence-corrected chi connectivity index (χ2v) is 3.73. The molecule has 1 aromatic carbocycles. The maximum absolute atomic E-state index is 12.7. The zero-order chi connectivity index (χ0) is 10.8. The standard InChI is InChI=1S/C11H13FN2O.ClH/c1-14(11(15)8-6-13-7-8)10-4-2-9(12)3-5-10;/h2-5,8,13H,6-7H2,1H3;1H. The predicted molar refractivity (Wildman–Crippen MR) is 63.4 cm³/mol. The summed E-state index contributed by atoms with van der Waals surface area (Å²) < 4.78 is 12.7. The molecular weight excluding hydrogens is 231 g/mol. The SMILES string of the molecule is CN(C(=O)C1CNC1)c1ccc(F)cc1.Cl. The fraction of sp³-hybridized carbons (Fsp3) is 0.364. The van der Waals surface area contributed by atoms with Crippen molar-refractivity contribution in [2.75, 3.05) is 25.0 Å². The number of amides is 1. The molecule has 3 nitrogen and oxygen atoms in total. The van der Waals surface area contributed by atoms with Gasteiger partial charge in [0.15, 0.2) is 0 Å². The van der Waals surface area contributed by atoms with Crippen LogP contribution in [-0.2, 0) is 4.79 Å². The van der Waals surface area contributed by atoms with Crippen molar-refractivity contribution in [1.29, 1.82) is 0 Å². The summed E-state index contributed by atoms with van der Waals surface area (Å²) >= 11 is 0. The van der Waals surface area contributed by atoms with Crippen LogP contribution in [0.5, 0.6) is 0 Å². The molecule has 0 atom stereocenters. The van der Waals surface area contributed by atoms with Crippen LogP contribution >= 0.6 is 12.4 Å². The molecule has 1 aromatic rings. The van der Waals surface area contributed by atoms with Gasteiger partial charge in [0.05, 0.1) is 5.92 Å². The number of carbonyl (C=O) groups is 1. The Morgan fingerprint density at radius 2 is 1.94 bits per heavy atom. The van der Waals surface area contributed by atoms with Crippen molar-refractivity contribution < 1.29 is 9.18 Å². The van der Waals surface area contributed by atoms with Gasteiger partial charge in [-0.3, -0.25) is 4.79 Å². The zero-order valence-electron chi connectivity index (χ0n) is 8.94. The first kappa shape index (κ1) is 12.9. The molecule has 1 amide bonds. The molecule has 0 bridgehead atoms. The van der Waals surface area contributed by atoms with Gasteiger partial charge in [0.2, 0.25) is 5.91 Å². The maximum Gasteiger partial charge on any atom is 0.232 e. The van der Waals surface area contributed by atoms with Gasteiger partial charge in [-0.2, -0.15) is 0 Å². The van der Waals surface area contributed by atoms with Gasteiger partial charge < -0.3 is 10.2 Å². The fourth-order valence-electron chi connectivity index (χ4n) is 1.53. The zero-order valence-corrected chi connectivity index (χ0v) is 9.76. The average Bonchev–Trinajstić information content (AvgIpc) is 2.15. The van der Waals surface area contributed by atoms with E-state index in [0.29, 0.717) is 0 Å². The van der Waals surface area contributed by atoms with E-state index in [1.807, 2.05) is 0 Å². The summed E-state index contributed by atoms with van der Waals surface area (Å²) in [6.45, 7) is 1.48. The van der Waals surface area contributed by atoms with Crippen LogP contribution in [0, 0.1) is 11.7 Å². The van der Waals surface area contributed by atoms with Crippen molar-refractivity contribution in [2.24, 2.45) is 5.92 Å². The molecule has 1 heterocycles. The Hall–Kier alpha value is -1.13. The van der Waals surface area contributed by atoms with Crippen LogP contribution in [0.15, 0.2) is 24.3 Å². The van der Waals surface area contributed by atoms with Gasteiger partial charge in [0.25, 0.3) is 0 Å². The van der Waals surface area contributed by atoms with Crippen LogP contribution < -0.4 is 10.2 Å². The molecule has 1 saturated heterocycles. The van der Waals surface area contributed by atoms with Gasteiger partial charge in [0.1, 0.15) is 5.82 Å². The summed E-state index contributed by atoms with van der Waals surface area (Å²) in [4.78, 5) is 13.4. The van der Waals surface area contributed by atoms with Gasteiger partial charge in [-0.1, -0.05) is 0 Å². The van der Waals surface area contributed by atoms with Crippen molar-refractivity contribution in [3.8, 4) is 0 Å². The van der Waals surface area contributed by atoms with Crippen LogP contribution in [-0.4, -0.2) is 26.0 Å². The number of benzene rings is 1. The Labute approximate surface area is 100 Å². The lowest BCUT2D eigenvalue weighted by atomic mass is 10.0. The number of halogens is 2. The topological polar surface area (TPSA) is 32.3 Å². The highest BCUT2D eigenvalue weighted by Crippen LogP contribution is 2.17. The fourth-order valence-corrected chi connectivity index (χ4v) is 1.53. The second kappa shape index (κ2) is 5.27. The van der Waals surface area contributed by atoms with E-state index in [0.717, 1.165) is 18.8 Å². The Morgan fingerprint density at radius 3 is 2.38 bits per heavy atom. The normalized spacial score (nSPS) is 14.9. The number of hydrogen-bond acceptors (Lipinski definition) is 2. The third kappa shape index (κ3) is 2.51. The molecule has 0 aromatic heterocycles. The summed E-state index contributed by atoms with van der Waals surface area (Å²) in [6.07, 6.45) is 0. The molecule has 1 fully saturated rings. The maximum atomic E-state index is 12.7. The molecule has 0 unspecified atom stereocenters. The van der Waals surface area contributed by atoms with Gasteiger partial charge in [-0.15, -0.1) is 12.4 Å². The lowest BCUT2D eigenvalue weighted by molar-refractivity contribution is -0.123. The van der Waals surface area contributed by atoms with Crippen molar-refractivity contribution in [2.45, 2.75) is 0 Å². The van der Waals surface area contributed by atoms with E-state index in [-0.39, 0.29) is 30.0 Å². The van der Waals surface area contributed by atoms with E-state index in [1.54, 1.807) is 24.1 Å². The first-order valence-corrected chi connectivity index (χ1v) is 4.92. The Morgan fingerprint density at radius 1 is 1.38 bits per heavy atom. The number of carbonyl (C=O) groups excluding carboxylic acids is 1. The van der Waals surface area contributed by atoms with Gasteiger partial charge in [-0.25, -0.2) is 4.39 Å². The van der Waals surface area contributed by atoms with E-state index in [9.17, 15) is 9.18 Å². The molecule has 16 heavy (non-hydrogen) atoms. The van der Waals surface area contributed by atoms with Gasteiger partial charge in [0, 0.05) is 25.8 Å². The molecule has 0 radical (unpaired) electrons. The molecule has 1 aliphatic heterocycles. The minimum atomic E-state index is -0.287. The smallest absolute Gasteiger partial charge is 0.232 e. The number of nitrogens with one attached hydrogen (secondary N) is 1. The minimum Gasteiger partial charge on any atom is -0.315 e. The number of rotatable bonds is 2. The molecule has 0 saturated carbocycles. The summed E-state index contributed by atoms with van der Waals surface area (Å²) in [5, 5.41) is 3.05. The van der Waals surface area contributed by atoms with E-state index in [4.69, 9.17) is 0 Å². The monoisotopic (exact) mass is 244 g/mol. The molecule has 2 rings (SSSR count). The Bertz CT molecular complexity index is 365. The Balaban J connectivity index is 0.00000128. The molecule has 0 aliphatic carbocycles. The highest BCUT2D eigenvalue weighted by atomic mass is 35.5. The largest absolute Gasteiger partial charge is 0.315 e. The third-order valence-electron chi connectivity index (χ3n) is 2.68. The summed E-state index contributed by atoms with van der Waals surface area (Å²) in [5.41, 5.74) is 0.730. The van der Waals surface area contributed by atoms with Crippen molar-refractivity contribution >= 4 is 24.0 Å². The first-order valence-electron chi connectivity index (χ1n) is 4.92. The third-order valence-corrected chi connectivity index (χ3v) is 2.68. The van der Waals surface area contributed by atoms with Gasteiger partial charge >= 0.3 is 0 Å². The molecule has 0 spiro atoms. The first-order chi connectivity index (χ1) is 7.18. The van der Waals surface area contributed by atoms with Crippen LogP contribution in [0.3, 0.4) is 0 Å². The molecule has 88 valence electrons. The highest BCUT2D eigenvalue weighted by molar-refractivity contribution is 5.95. The van der Waals surface area contributed by atoms with Crippen LogP contribution in [0.1, 0.15) is 0 Å². The quantitative estimate of drug-likeness (QED) is 0.854. The molecular formula is C11H14ClFN2O. The summed E-state index contributed by atoms with van der Waals surface area (Å²) in [5.74, 6) is -0.134. The van der Waals surface area contributed by atoms with Crippen molar-refractivity contribution in [3.63, 3.8) is 0 Å². The summed E-state index contributed by atoms with van der Waals surface area (Å²) in [7, 11) is 1.72. The lowest BCUT2D eigenvalue weighted by Gasteiger charge is -2.30. The van der Waals surface area contributed by atoms with Crippen molar-refractivity contribution in [1.82, 2.24) is 5.32 Å². The highest BCUT2D eigenvalue weighted by Gasteiger charge is 2.27. The summed E-state index contributed by atoms with van der Waals surface area (Å²) in [6, 6.07) is 5.94. The Kier molecular flexibility index (Phi) is 4.26.